The highest BCUT2D eigenvalue weighted by Gasteiger charge is 2.24. The lowest BCUT2D eigenvalue weighted by molar-refractivity contribution is 0.541. The molecule has 2 aliphatic rings. The van der Waals surface area contributed by atoms with Gasteiger partial charge >= 0.3 is 0 Å². The van der Waals surface area contributed by atoms with Gasteiger partial charge in [-0.05, 0) is 43.2 Å². The summed E-state index contributed by atoms with van der Waals surface area (Å²) in [5, 5.41) is 7.76. The Balaban J connectivity index is 1.41. The van der Waals surface area contributed by atoms with Crippen LogP contribution in [0.3, 0.4) is 0 Å². The van der Waals surface area contributed by atoms with Crippen LogP contribution in [0.5, 0.6) is 0 Å². The summed E-state index contributed by atoms with van der Waals surface area (Å²) in [7, 11) is 0. The molecule has 3 heteroatoms. The first-order valence-corrected chi connectivity index (χ1v) is 11.3. The maximum atomic E-state index is 3.86. The van der Waals surface area contributed by atoms with E-state index < -0.39 is 0 Å². The summed E-state index contributed by atoms with van der Waals surface area (Å²) in [6.07, 6.45) is 13.5. The minimum absolute atomic E-state index is 0.0649. The zero-order chi connectivity index (χ0) is 21.1. The summed E-state index contributed by atoms with van der Waals surface area (Å²) in [5.74, 6) is 1.10. The normalized spacial score (nSPS) is 17.6. The van der Waals surface area contributed by atoms with Crippen molar-refractivity contribution in [2.45, 2.75) is 19.0 Å². The quantitative estimate of drug-likeness (QED) is 0.335. The Hall–Kier alpha value is -3.98. The molecule has 3 nitrogen and oxygen atoms in total. The van der Waals surface area contributed by atoms with Crippen molar-refractivity contribution in [1.82, 2.24) is 14.5 Å². The number of benzene rings is 3. The van der Waals surface area contributed by atoms with Gasteiger partial charge in [-0.15, -0.1) is 0 Å². The van der Waals surface area contributed by atoms with Gasteiger partial charge in [-0.3, -0.25) is 4.57 Å². The van der Waals surface area contributed by atoms with Gasteiger partial charge in [0.25, 0.3) is 0 Å². The molecular formula is C29H23N3. The van der Waals surface area contributed by atoms with E-state index >= 15 is 0 Å². The number of dihydropyridines is 1. The van der Waals surface area contributed by atoms with Gasteiger partial charge in [-0.25, -0.2) is 0 Å². The number of para-hydroxylation sites is 3. The number of nitrogens with zero attached hydrogens (tertiary/aromatic N) is 2. The van der Waals surface area contributed by atoms with Crippen molar-refractivity contribution in [1.29, 1.82) is 0 Å². The smallest absolute Gasteiger partial charge is 0.124 e. The number of fused-ring (bicyclic) bond motifs is 6. The molecule has 0 saturated heterocycles. The van der Waals surface area contributed by atoms with Gasteiger partial charge in [-0.2, -0.15) is 0 Å². The van der Waals surface area contributed by atoms with Crippen LogP contribution in [0.25, 0.3) is 44.6 Å². The fourth-order valence-electron chi connectivity index (χ4n) is 5.49. The van der Waals surface area contributed by atoms with E-state index in [4.69, 9.17) is 0 Å². The second kappa shape index (κ2) is 6.76. The Kier molecular flexibility index (Phi) is 3.73. The van der Waals surface area contributed by atoms with Gasteiger partial charge in [0.15, 0.2) is 0 Å². The average molecular weight is 414 g/mol. The molecule has 7 rings (SSSR count). The fraction of sp³-hybridized carbons (Fsp3) is 0.103. The summed E-state index contributed by atoms with van der Waals surface area (Å²) in [6, 6.07) is 26.1. The van der Waals surface area contributed by atoms with Crippen molar-refractivity contribution >= 4 is 44.6 Å². The van der Waals surface area contributed by atoms with Gasteiger partial charge < -0.3 is 9.88 Å². The van der Waals surface area contributed by atoms with Crippen LogP contribution in [-0.2, 0) is 6.42 Å². The molecule has 0 fully saturated rings. The first kappa shape index (κ1) is 17.7. The number of hydrogen-bond acceptors (Lipinski definition) is 1. The van der Waals surface area contributed by atoms with Crippen LogP contribution in [0, 0.1) is 0 Å². The van der Waals surface area contributed by atoms with Crippen LogP contribution >= 0.6 is 0 Å². The van der Waals surface area contributed by atoms with Crippen LogP contribution < -0.4 is 5.32 Å². The first-order valence-electron chi connectivity index (χ1n) is 11.3. The third kappa shape index (κ3) is 2.42. The lowest BCUT2D eigenvalue weighted by Gasteiger charge is -2.27. The third-order valence-corrected chi connectivity index (χ3v) is 6.83. The molecule has 1 unspecified atom stereocenters. The number of nitrogens with one attached hydrogen (secondary N) is 1. The number of hydrogen-bond donors (Lipinski definition) is 1. The molecule has 1 atom stereocenters. The monoisotopic (exact) mass is 413 g/mol. The Labute approximate surface area is 186 Å². The van der Waals surface area contributed by atoms with E-state index in [0.717, 1.165) is 18.7 Å². The van der Waals surface area contributed by atoms with Crippen LogP contribution in [0.15, 0.2) is 97.1 Å². The molecule has 1 aliphatic carbocycles. The molecule has 0 radical (unpaired) electrons. The maximum Gasteiger partial charge on any atom is 0.124 e. The predicted molar refractivity (Wildman–Crippen MR) is 134 cm³/mol. The van der Waals surface area contributed by atoms with Gasteiger partial charge in [0.2, 0.25) is 0 Å². The molecule has 1 aliphatic heterocycles. The van der Waals surface area contributed by atoms with Crippen molar-refractivity contribution < 1.29 is 0 Å². The number of aromatic nitrogens is 2. The second-order valence-corrected chi connectivity index (χ2v) is 8.58. The lowest BCUT2D eigenvalue weighted by atomic mass is 10.0. The first-order chi connectivity index (χ1) is 15.9. The minimum Gasteiger partial charge on any atom is -0.347 e. The maximum absolute atomic E-state index is 3.86. The summed E-state index contributed by atoms with van der Waals surface area (Å²) in [4.78, 5) is 0. The summed E-state index contributed by atoms with van der Waals surface area (Å²) in [6.45, 7) is 0. The van der Waals surface area contributed by atoms with Crippen LogP contribution in [0.2, 0.25) is 0 Å². The van der Waals surface area contributed by atoms with E-state index in [0.29, 0.717) is 0 Å². The largest absolute Gasteiger partial charge is 0.347 e. The van der Waals surface area contributed by atoms with Crippen molar-refractivity contribution in [3.8, 4) is 0 Å². The topological polar surface area (TPSA) is 21.9 Å². The Morgan fingerprint density at radius 2 is 1.41 bits per heavy atom. The molecule has 0 spiro atoms. The van der Waals surface area contributed by atoms with Gasteiger partial charge in [0, 0.05) is 27.4 Å². The highest BCUT2D eigenvalue weighted by atomic mass is 15.3. The van der Waals surface area contributed by atoms with Crippen molar-refractivity contribution in [3.63, 3.8) is 0 Å². The van der Waals surface area contributed by atoms with Gasteiger partial charge in [0.1, 0.15) is 12.0 Å². The lowest BCUT2D eigenvalue weighted by Crippen LogP contribution is -2.29. The Morgan fingerprint density at radius 1 is 0.750 bits per heavy atom. The average Bonchev–Trinajstić information content (AvgIpc) is 3.37. The standard InChI is InChI=1S/C29H23N3/c1-5-14-24-20(10-1)21-11-2-6-15-25(21)31(24)28-18-9-19-29(30-28)32-26-16-7-3-12-22(26)23-13-4-8-17-27(23)32/h1-7,9-16,18-19,29-30H,8,17H2. The molecule has 154 valence electrons. The van der Waals surface area contributed by atoms with Crippen molar-refractivity contribution in [3.05, 3.63) is 108 Å². The van der Waals surface area contributed by atoms with E-state index in [1.165, 1.54) is 44.0 Å². The third-order valence-electron chi connectivity index (χ3n) is 6.83. The molecule has 0 bridgehead atoms. The summed E-state index contributed by atoms with van der Waals surface area (Å²) >= 11 is 0. The molecule has 0 saturated carbocycles. The Morgan fingerprint density at radius 3 is 2.16 bits per heavy atom. The summed E-state index contributed by atoms with van der Waals surface area (Å²) < 4.78 is 4.85. The SMILES string of the molecule is C1=CC(n2c3c(c4ccccc42)C=CCC3)NC(n2c3ccccc3c3ccccc32)=C1. The number of rotatable bonds is 2. The molecular weight excluding hydrogens is 390 g/mol. The van der Waals surface area contributed by atoms with E-state index in [1.807, 2.05) is 0 Å². The number of allylic oxidation sites excluding steroid dienone is 3. The van der Waals surface area contributed by atoms with E-state index in [-0.39, 0.29) is 6.17 Å². The fourth-order valence-corrected chi connectivity index (χ4v) is 5.49. The van der Waals surface area contributed by atoms with Crippen LogP contribution in [0.1, 0.15) is 23.8 Å². The second-order valence-electron chi connectivity index (χ2n) is 8.58. The van der Waals surface area contributed by atoms with Gasteiger partial charge in [0.05, 0.1) is 16.6 Å². The van der Waals surface area contributed by atoms with E-state index in [9.17, 15) is 0 Å². The molecule has 2 aromatic heterocycles. The molecule has 5 aromatic rings. The van der Waals surface area contributed by atoms with Crippen molar-refractivity contribution in [2.75, 3.05) is 0 Å². The van der Waals surface area contributed by atoms with Crippen molar-refractivity contribution in [2.24, 2.45) is 0 Å². The highest BCUT2D eigenvalue weighted by Crippen LogP contribution is 2.36. The van der Waals surface area contributed by atoms with Gasteiger partial charge in [-0.1, -0.05) is 72.8 Å². The molecule has 0 amide bonds. The molecule has 3 aromatic carbocycles. The predicted octanol–water partition coefficient (Wildman–Crippen LogP) is 6.87. The zero-order valence-electron chi connectivity index (χ0n) is 17.7. The minimum atomic E-state index is 0.0649. The van der Waals surface area contributed by atoms with E-state index in [2.05, 4.69) is 118 Å². The zero-order valence-corrected chi connectivity index (χ0v) is 17.7. The molecule has 1 N–H and O–H groups in total. The molecule has 3 heterocycles. The molecule has 32 heavy (non-hydrogen) atoms. The van der Waals surface area contributed by atoms with Crippen LogP contribution in [0.4, 0.5) is 0 Å². The Bertz CT molecular complexity index is 1550. The highest BCUT2D eigenvalue weighted by molar-refractivity contribution is 6.10. The van der Waals surface area contributed by atoms with Crippen LogP contribution in [-0.4, -0.2) is 9.13 Å². The summed E-state index contributed by atoms with van der Waals surface area (Å²) in [5.41, 5.74) is 6.52. The van der Waals surface area contributed by atoms with E-state index in [1.54, 1.807) is 0 Å².